The average molecular weight is 435 g/mol. The number of imidazole rings is 1. The number of ether oxygens (including phenoxy) is 1. The van der Waals surface area contributed by atoms with Gasteiger partial charge in [0.15, 0.2) is 11.2 Å². The van der Waals surface area contributed by atoms with E-state index in [9.17, 15) is 14.7 Å². The second-order valence-electron chi connectivity index (χ2n) is 6.99. The van der Waals surface area contributed by atoms with Crippen molar-refractivity contribution < 1.29 is 9.84 Å². The molecule has 0 aliphatic rings. The Hall–Kier alpha value is -2.95. The minimum Gasteiger partial charge on any atom is -0.389 e. The number of nitrogens with zero attached hydrogens (tertiary/aromatic N) is 4. The van der Waals surface area contributed by atoms with Gasteiger partial charge in [-0.05, 0) is 31.5 Å². The van der Waals surface area contributed by atoms with E-state index in [4.69, 9.17) is 16.3 Å². The smallest absolute Gasteiger partial charge is 0.329 e. The average Bonchev–Trinajstić information content (AvgIpc) is 3.05. The van der Waals surface area contributed by atoms with Crippen LogP contribution in [0.3, 0.4) is 0 Å². The zero-order valence-corrected chi connectivity index (χ0v) is 17.6. The second-order valence-corrected chi connectivity index (χ2v) is 7.43. The van der Waals surface area contributed by atoms with E-state index in [2.05, 4.69) is 20.5 Å². The Bertz CT molecular complexity index is 1160. The molecule has 2 aromatic heterocycles. The predicted octanol–water partition coefficient (Wildman–Crippen LogP) is 1.31. The van der Waals surface area contributed by atoms with Gasteiger partial charge in [-0.1, -0.05) is 23.7 Å². The quantitative estimate of drug-likeness (QED) is 0.362. The zero-order chi connectivity index (χ0) is 21.8. The summed E-state index contributed by atoms with van der Waals surface area (Å²) in [6.07, 6.45) is 0.605. The first-order valence-electron chi connectivity index (χ1n) is 9.30. The number of nitrogens with one attached hydrogen (secondary N) is 2. The van der Waals surface area contributed by atoms with Crippen LogP contribution in [-0.4, -0.2) is 49.2 Å². The Morgan fingerprint density at radius 2 is 2.03 bits per heavy atom. The number of aliphatic hydroxyl groups excluding tert-OH is 1. The molecule has 1 aromatic carbocycles. The molecule has 3 aromatic rings. The Kier molecular flexibility index (Phi) is 6.70. The maximum absolute atomic E-state index is 12.4. The first-order valence-corrected chi connectivity index (χ1v) is 9.68. The van der Waals surface area contributed by atoms with Crippen molar-refractivity contribution in [1.82, 2.24) is 19.1 Å². The van der Waals surface area contributed by atoms with Crippen LogP contribution in [0.25, 0.3) is 11.2 Å². The third-order valence-electron chi connectivity index (χ3n) is 4.27. The fraction of sp³-hybridized carbons (Fsp3) is 0.368. The van der Waals surface area contributed by atoms with Gasteiger partial charge < -0.3 is 14.4 Å². The minimum atomic E-state index is -0.901. The lowest BCUT2D eigenvalue weighted by Gasteiger charge is -2.15. The summed E-state index contributed by atoms with van der Waals surface area (Å²) >= 11 is 5.88. The van der Waals surface area contributed by atoms with Crippen LogP contribution in [-0.2, 0) is 18.3 Å². The molecule has 0 saturated carbocycles. The van der Waals surface area contributed by atoms with Crippen LogP contribution in [0, 0.1) is 0 Å². The summed E-state index contributed by atoms with van der Waals surface area (Å²) in [6, 6.07) is 7.05. The van der Waals surface area contributed by atoms with E-state index in [1.807, 2.05) is 13.8 Å². The van der Waals surface area contributed by atoms with Gasteiger partial charge >= 0.3 is 5.69 Å². The summed E-state index contributed by atoms with van der Waals surface area (Å²) in [5.74, 6) is 0.200. The first-order chi connectivity index (χ1) is 14.3. The van der Waals surface area contributed by atoms with Gasteiger partial charge in [-0.25, -0.2) is 10.2 Å². The lowest BCUT2D eigenvalue weighted by Crippen LogP contribution is -2.30. The molecule has 0 aliphatic carbocycles. The highest BCUT2D eigenvalue weighted by Crippen LogP contribution is 2.16. The van der Waals surface area contributed by atoms with Gasteiger partial charge in [-0.3, -0.25) is 14.3 Å². The van der Waals surface area contributed by atoms with Crippen molar-refractivity contribution in [1.29, 1.82) is 0 Å². The van der Waals surface area contributed by atoms with Crippen LogP contribution in [0.1, 0.15) is 19.4 Å². The molecule has 0 spiro atoms. The molecule has 0 aliphatic heterocycles. The highest BCUT2D eigenvalue weighted by Gasteiger charge is 2.19. The molecule has 0 saturated heterocycles. The van der Waals surface area contributed by atoms with Crippen molar-refractivity contribution in [2.75, 3.05) is 12.0 Å². The molecule has 1 atom stereocenters. The predicted molar refractivity (Wildman–Crippen MR) is 115 cm³/mol. The molecule has 0 fully saturated rings. The largest absolute Gasteiger partial charge is 0.389 e. The number of hydrazone groups is 1. The number of aliphatic hydroxyl groups is 1. The number of fused-ring (bicyclic) bond motifs is 1. The van der Waals surface area contributed by atoms with Crippen LogP contribution < -0.4 is 16.7 Å². The van der Waals surface area contributed by atoms with Gasteiger partial charge in [0.1, 0.15) is 0 Å². The van der Waals surface area contributed by atoms with Crippen LogP contribution in [0.15, 0.2) is 39.0 Å². The second kappa shape index (κ2) is 9.24. The lowest BCUT2D eigenvalue weighted by molar-refractivity contribution is -0.000105. The summed E-state index contributed by atoms with van der Waals surface area (Å²) in [7, 11) is 1.50. The molecule has 0 bridgehead atoms. The van der Waals surface area contributed by atoms with E-state index in [0.717, 1.165) is 5.56 Å². The van der Waals surface area contributed by atoms with Crippen molar-refractivity contribution in [3.8, 4) is 0 Å². The minimum absolute atomic E-state index is 0.0172. The van der Waals surface area contributed by atoms with Crippen LogP contribution >= 0.6 is 11.6 Å². The fourth-order valence-electron chi connectivity index (χ4n) is 2.78. The van der Waals surface area contributed by atoms with E-state index in [0.29, 0.717) is 5.02 Å². The molecule has 11 heteroatoms. The number of rotatable bonds is 8. The lowest BCUT2D eigenvalue weighted by atomic mass is 10.2. The Balaban J connectivity index is 1.96. The summed E-state index contributed by atoms with van der Waals surface area (Å²) < 4.78 is 8.13. The highest BCUT2D eigenvalue weighted by atomic mass is 35.5. The normalized spacial score (nSPS) is 12.9. The number of benzene rings is 1. The van der Waals surface area contributed by atoms with Crippen molar-refractivity contribution in [3.05, 3.63) is 55.7 Å². The number of aryl methyl sites for hydroxylation is 1. The van der Waals surface area contributed by atoms with Crippen LogP contribution in [0.5, 0.6) is 0 Å². The van der Waals surface area contributed by atoms with E-state index >= 15 is 0 Å². The maximum Gasteiger partial charge on any atom is 0.329 e. The number of aromatic nitrogens is 4. The summed E-state index contributed by atoms with van der Waals surface area (Å²) in [6.45, 7) is 3.81. The molecule has 3 rings (SSSR count). The van der Waals surface area contributed by atoms with Crippen LogP contribution in [0.4, 0.5) is 5.95 Å². The topological polar surface area (TPSA) is 127 Å². The SMILES string of the molecule is CC(C)OC[C@H](O)Cn1c(N/N=C/c2ccc(Cl)cc2)nc2c1c(=O)[nH]c(=O)n2C. The zero-order valence-electron chi connectivity index (χ0n) is 16.8. The van der Waals surface area contributed by atoms with E-state index < -0.39 is 17.4 Å². The molecule has 2 heterocycles. The van der Waals surface area contributed by atoms with Crippen molar-refractivity contribution >= 4 is 34.9 Å². The molecule has 0 unspecified atom stereocenters. The molecular weight excluding hydrogens is 412 g/mol. The Labute approximate surface area is 176 Å². The van der Waals surface area contributed by atoms with Gasteiger partial charge in [0.05, 0.1) is 31.6 Å². The van der Waals surface area contributed by atoms with E-state index in [1.54, 1.807) is 30.5 Å². The molecule has 0 radical (unpaired) electrons. The van der Waals surface area contributed by atoms with Crippen molar-refractivity contribution in [3.63, 3.8) is 0 Å². The number of hydrogen-bond acceptors (Lipinski definition) is 7. The van der Waals surface area contributed by atoms with Crippen molar-refractivity contribution in [2.24, 2.45) is 12.1 Å². The van der Waals surface area contributed by atoms with E-state index in [1.165, 1.54) is 16.2 Å². The number of halogens is 1. The first kappa shape index (κ1) is 21.8. The summed E-state index contributed by atoms with van der Waals surface area (Å²) in [5, 5.41) is 15.1. The standard InChI is InChI=1S/C19H23ClN6O4/c1-11(2)30-10-14(27)9-26-15-16(25(3)19(29)23-17(15)28)22-18(26)24-21-8-12-4-6-13(20)7-5-12/h4-8,11,14,27H,9-10H2,1-3H3,(H,22,24)(H,23,28,29)/b21-8+/t14-/m1/s1. The van der Waals surface area contributed by atoms with Crippen molar-refractivity contribution in [2.45, 2.75) is 32.6 Å². The maximum atomic E-state index is 12.4. The molecular formula is C19H23ClN6O4. The number of hydrogen-bond donors (Lipinski definition) is 3. The van der Waals surface area contributed by atoms with E-state index in [-0.39, 0.29) is 36.4 Å². The third kappa shape index (κ3) is 4.96. The van der Waals surface area contributed by atoms with Gasteiger partial charge in [-0.15, -0.1) is 0 Å². The third-order valence-corrected chi connectivity index (χ3v) is 4.52. The Morgan fingerprint density at radius 1 is 1.33 bits per heavy atom. The van der Waals surface area contributed by atoms with Gasteiger partial charge in [-0.2, -0.15) is 10.1 Å². The molecule has 3 N–H and O–H groups in total. The summed E-state index contributed by atoms with van der Waals surface area (Å²) in [4.78, 5) is 30.9. The molecule has 10 nitrogen and oxygen atoms in total. The number of aromatic amines is 1. The monoisotopic (exact) mass is 434 g/mol. The van der Waals surface area contributed by atoms with Gasteiger partial charge in [0.2, 0.25) is 5.95 Å². The number of anilines is 1. The fourth-order valence-corrected chi connectivity index (χ4v) is 2.90. The Morgan fingerprint density at radius 3 is 2.70 bits per heavy atom. The summed E-state index contributed by atoms with van der Waals surface area (Å²) in [5.41, 5.74) is 2.70. The molecule has 160 valence electrons. The van der Waals surface area contributed by atoms with Gasteiger partial charge in [0.25, 0.3) is 5.56 Å². The van der Waals surface area contributed by atoms with Crippen LogP contribution in [0.2, 0.25) is 5.02 Å². The number of H-pyrrole nitrogens is 1. The molecule has 0 amide bonds. The highest BCUT2D eigenvalue weighted by molar-refractivity contribution is 6.30. The molecule has 30 heavy (non-hydrogen) atoms. The van der Waals surface area contributed by atoms with Gasteiger partial charge in [0, 0.05) is 12.1 Å².